The Bertz CT molecular complexity index is 1070. The second-order valence-corrected chi connectivity index (χ2v) is 6.41. The molecule has 1 amide bonds. The summed E-state index contributed by atoms with van der Waals surface area (Å²) in [5, 5.41) is 2.63. The first-order chi connectivity index (χ1) is 12.4. The Kier molecular flexibility index (Phi) is 4.77. The summed E-state index contributed by atoms with van der Waals surface area (Å²) in [6.07, 6.45) is 1.62. The molecule has 2 N–H and O–H groups in total. The summed E-state index contributed by atoms with van der Waals surface area (Å²) in [6, 6.07) is 8.22. The van der Waals surface area contributed by atoms with Gasteiger partial charge >= 0.3 is 5.69 Å². The fourth-order valence-electron chi connectivity index (χ4n) is 2.70. The summed E-state index contributed by atoms with van der Waals surface area (Å²) >= 11 is 0. The number of fused-ring (bicyclic) bond motifs is 1. The number of H-pyrrole nitrogens is 1. The van der Waals surface area contributed by atoms with Crippen LogP contribution in [0.15, 0.2) is 46.1 Å². The number of amides is 1. The van der Waals surface area contributed by atoms with Gasteiger partial charge < -0.3 is 19.8 Å². The Morgan fingerprint density at radius 1 is 1.23 bits per heavy atom. The topological polar surface area (TPSA) is 92.1 Å². The SMILES string of the molecule is CN(C)CCn1c(=O)[nH]c2ccc(C(=O)Nc3cccn(C)c3=O)cc21. The molecule has 136 valence electrons. The monoisotopic (exact) mass is 355 g/mol. The molecule has 3 rings (SSSR count). The molecule has 0 fully saturated rings. The van der Waals surface area contributed by atoms with Crippen LogP contribution in [0.4, 0.5) is 5.69 Å². The van der Waals surface area contributed by atoms with Crippen LogP contribution in [-0.2, 0) is 13.6 Å². The van der Waals surface area contributed by atoms with Gasteiger partial charge in [0, 0.05) is 31.9 Å². The molecular formula is C18H21N5O3. The lowest BCUT2D eigenvalue weighted by Gasteiger charge is -2.10. The number of rotatable bonds is 5. The molecule has 1 aromatic carbocycles. The smallest absolute Gasteiger partial charge is 0.317 e. The number of carbonyl (C=O) groups excluding carboxylic acids is 1. The highest BCUT2D eigenvalue weighted by atomic mass is 16.2. The van der Waals surface area contributed by atoms with Gasteiger partial charge in [-0.15, -0.1) is 0 Å². The van der Waals surface area contributed by atoms with E-state index in [2.05, 4.69) is 10.3 Å². The van der Waals surface area contributed by atoms with Crippen molar-refractivity contribution in [1.29, 1.82) is 0 Å². The van der Waals surface area contributed by atoms with Crippen molar-refractivity contribution >= 4 is 22.6 Å². The number of benzene rings is 1. The van der Waals surface area contributed by atoms with Crippen LogP contribution in [0.1, 0.15) is 10.4 Å². The molecular weight excluding hydrogens is 334 g/mol. The van der Waals surface area contributed by atoms with Crippen molar-refractivity contribution in [2.75, 3.05) is 26.0 Å². The minimum absolute atomic E-state index is 0.208. The predicted molar refractivity (Wildman–Crippen MR) is 101 cm³/mol. The van der Waals surface area contributed by atoms with Crippen molar-refractivity contribution in [2.45, 2.75) is 6.54 Å². The van der Waals surface area contributed by atoms with Gasteiger partial charge in [-0.05, 0) is 44.4 Å². The Morgan fingerprint density at radius 3 is 2.73 bits per heavy atom. The lowest BCUT2D eigenvalue weighted by atomic mass is 10.2. The summed E-state index contributed by atoms with van der Waals surface area (Å²) in [6.45, 7) is 1.21. The van der Waals surface area contributed by atoms with Crippen LogP contribution in [0.2, 0.25) is 0 Å². The number of hydrogen-bond donors (Lipinski definition) is 2. The fraction of sp³-hybridized carbons (Fsp3) is 0.278. The van der Waals surface area contributed by atoms with Gasteiger partial charge in [0.05, 0.1) is 11.0 Å². The van der Waals surface area contributed by atoms with Gasteiger partial charge in [0.25, 0.3) is 11.5 Å². The first-order valence-corrected chi connectivity index (χ1v) is 8.21. The van der Waals surface area contributed by atoms with Gasteiger partial charge in [0.2, 0.25) is 0 Å². The molecule has 0 spiro atoms. The zero-order valence-corrected chi connectivity index (χ0v) is 14.9. The van der Waals surface area contributed by atoms with Gasteiger partial charge in [0.1, 0.15) is 5.69 Å². The highest BCUT2D eigenvalue weighted by Gasteiger charge is 2.13. The van der Waals surface area contributed by atoms with Crippen LogP contribution in [0.25, 0.3) is 11.0 Å². The van der Waals surface area contributed by atoms with E-state index in [9.17, 15) is 14.4 Å². The zero-order chi connectivity index (χ0) is 18.8. The van der Waals surface area contributed by atoms with Gasteiger partial charge in [-0.25, -0.2) is 4.79 Å². The van der Waals surface area contributed by atoms with E-state index in [0.29, 0.717) is 29.7 Å². The Labute approximate surface area is 149 Å². The molecule has 26 heavy (non-hydrogen) atoms. The first kappa shape index (κ1) is 17.7. The number of nitrogens with one attached hydrogen (secondary N) is 2. The second-order valence-electron chi connectivity index (χ2n) is 6.41. The van der Waals surface area contributed by atoms with Crippen LogP contribution in [0.5, 0.6) is 0 Å². The molecule has 0 aliphatic carbocycles. The maximum absolute atomic E-state index is 12.5. The van der Waals surface area contributed by atoms with E-state index in [1.165, 1.54) is 4.57 Å². The first-order valence-electron chi connectivity index (χ1n) is 8.21. The summed E-state index contributed by atoms with van der Waals surface area (Å²) in [4.78, 5) is 41.5. The molecule has 8 heteroatoms. The van der Waals surface area contributed by atoms with Crippen molar-refractivity contribution in [3.63, 3.8) is 0 Å². The number of anilines is 1. The van der Waals surface area contributed by atoms with Gasteiger partial charge in [-0.1, -0.05) is 0 Å². The average Bonchev–Trinajstić information content (AvgIpc) is 2.91. The molecule has 0 saturated carbocycles. The summed E-state index contributed by atoms with van der Waals surface area (Å²) in [7, 11) is 5.48. The molecule has 0 saturated heterocycles. The van der Waals surface area contributed by atoms with Gasteiger partial charge in [0.15, 0.2) is 0 Å². The van der Waals surface area contributed by atoms with Crippen LogP contribution < -0.4 is 16.6 Å². The van der Waals surface area contributed by atoms with Crippen LogP contribution in [0.3, 0.4) is 0 Å². The molecule has 3 aromatic rings. The third-order valence-corrected chi connectivity index (χ3v) is 4.18. The third kappa shape index (κ3) is 3.45. The second kappa shape index (κ2) is 7.01. The van der Waals surface area contributed by atoms with E-state index in [-0.39, 0.29) is 16.9 Å². The summed E-state index contributed by atoms with van der Waals surface area (Å²) in [5.41, 5.74) is 1.41. The van der Waals surface area contributed by atoms with Crippen molar-refractivity contribution in [3.05, 3.63) is 62.9 Å². The predicted octanol–water partition coefficient (Wildman–Crippen LogP) is 0.842. The molecule has 8 nitrogen and oxygen atoms in total. The number of nitrogens with zero attached hydrogens (tertiary/aromatic N) is 3. The zero-order valence-electron chi connectivity index (χ0n) is 14.9. The standard InChI is InChI=1S/C18H21N5O3/c1-21(2)9-10-23-15-11-12(6-7-13(15)20-18(23)26)16(24)19-14-5-4-8-22(3)17(14)25/h4-8,11H,9-10H2,1-3H3,(H,19,24)(H,20,26). The number of likely N-dealkylation sites (N-methyl/N-ethyl adjacent to an activating group) is 1. The van der Waals surface area contributed by atoms with E-state index in [0.717, 1.165) is 0 Å². The third-order valence-electron chi connectivity index (χ3n) is 4.18. The highest BCUT2D eigenvalue weighted by Crippen LogP contribution is 2.14. The maximum atomic E-state index is 12.5. The van der Waals surface area contributed by atoms with E-state index in [4.69, 9.17) is 0 Å². The van der Waals surface area contributed by atoms with Crippen molar-refractivity contribution in [2.24, 2.45) is 7.05 Å². The van der Waals surface area contributed by atoms with E-state index >= 15 is 0 Å². The lowest BCUT2D eigenvalue weighted by Crippen LogP contribution is -2.25. The number of aryl methyl sites for hydroxylation is 1. The molecule has 0 atom stereocenters. The number of aromatic amines is 1. The maximum Gasteiger partial charge on any atom is 0.326 e. The normalized spacial score (nSPS) is 11.2. The Morgan fingerprint density at radius 2 is 2.00 bits per heavy atom. The number of carbonyl (C=O) groups is 1. The molecule has 0 bridgehead atoms. The van der Waals surface area contributed by atoms with E-state index < -0.39 is 5.91 Å². The van der Waals surface area contributed by atoms with Gasteiger partial charge in [-0.2, -0.15) is 0 Å². The number of pyridine rings is 1. The molecule has 0 aliphatic heterocycles. The molecule has 0 aliphatic rings. The van der Waals surface area contributed by atoms with Crippen LogP contribution in [0, 0.1) is 0 Å². The van der Waals surface area contributed by atoms with Crippen LogP contribution >= 0.6 is 0 Å². The van der Waals surface area contributed by atoms with E-state index in [1.54, 1.807) is 48.1 Å². The number of aromatic nitrogens is 3. The molecule has 2 aromatic heterocycles. The summed E-state index contributed by atoms with van der Waals surface area (Å²) < 4.78 is 3.00. The minimum atomic E-state index is -0.400. The van der Waals surface area contributed by atoms with Crippen LogP contribution in [-0.4, -0.2) is 45.6 Å². The highest BCUT2D eigenvalue weighted by molar-refractivity contribution is 6.05. The van der Waals surface area contributed by atoms with Gasteiger partial charge in [-0.3, -0.25) is 14.2 Å². The molecule has 0 unspecified atom stereocenters. The average molecular weight is 355 g/mol. The summed E-state index contributed by atoms with van der Waals surface area (Å²) in [5.74, 6) is -0.400. The number of imidazole rings is 1. The lowest BCUT2D eigenvalue weighted by molar-refractivity contribution is 0.102. The largest absolute Gasteiger partial charge is 0.326 e. The van der Waals surface area contributed by atoms with Crippen molar-refractivity contribution in [3.8, 4) is 0 Å². The molecule has 2 heterocycles. The Hall–Kier alpha value is -3.13. The van der Waals surface area contributed by atoms with Crippen molar-refractivity contribution < 1.29 is 4.79 Å². The Balaban J connectivity index is 1.93. The van der Waals surface area contributed by atoms with E-state index in [1.807, 2.05) is 19.0 Å². The fourth-order valence-corrected chi connectivity index (χ4v) is 2.70. The quantitative estimate of drug-likeness (QED) is 0.709. The minimum Gasteiger partial charge on any atom is -0.317 e. The number of hydrogen-bond acceptors (Lipinski definition) is 4. The van der Waals surface area contributed by atoms with Crippen molar-refractivity contribution in [1.82, 2.24) is 19.0 Å². The molecule has 0 radical (unpaired) electrons.